The molecule has 2 N–H and O–H groups in total. The van der Waals surface area contributed by atoms with Crippen LogP contribution >= 0.6 is 0 Å². The van der Waals surface area contributed by atoms with Gasteiger partial charge in [0.15, 0.2) is 6.10 Å². The molecule has 0 saturated carbocycles. The van der Waals surface area contributed by atoms with Gasteiger partial charge in [0.2, 0.25) is 5.95 Å². The van der Waals surface area contributed by atoms with Crippen molar-refractivity contribution in [1.29, 1.82) is 0 Å². The molecule has 0 aliphatic carbocycles. The van der Waals surface area contributed by atoms with E-state index in [9.17, 15) is 18.0 Å². The number of aromatic nitrogens is 3. The van der Waals surface area contributed by atoms with Crippen molar-refractivity contribution in [3.05, 3.63) is 53.9 Å². The number of carbonyl (C=O) groups is 1. The fourth-order valence-electron chi connectivity index (χ4n) is 3.48. The van der Waals surface area contributed by atoms with Crippen LogP contribution in [0.25, 0.3) is 11.0 Å². The van der Waals surface area contributed by atoms with E-state index in [1.54, 1.807) is 21.6 Å². The minimum atomic E-state index is -1.34. The molecule has 1 fully saturated rings. The summed E-state index contributed by atoms with van der Waals surface area (Å²) >= 11 is 0. The smallest absolute Gasteiger partial charge is 0.404 e. The highest BCUT2D eigenvalue weighted by Crippen LogP contribution is 2.28. The third kappa shape index (κ3) is 3.96. The van der Waals surface area contributed by atoms with E-state index in [0.717, 1.165) is 6.20 Å². The highest BCUT2D eigenvalue weighted by molar-refractivity contribution is 5.79. The summed E-state index contributed by atoms with van der Waals surface area (Å²) in [5.74, 6) is -0.448. The molecule has 1 aromatic carbocycles. The minimum Gasteiger partial charge on any atom is -0.441 e. The summed E-state index contributed by atoms with van der Waals surface area (Å²) in [6, 6.07) is 7.04. The first-order valence-corrected chi connectivity index (χ1v) is 9.02. The second-order valence-corrected chi connectivity index (χ2v) is 6.82. The summed E-state index contributed by atoms with van der Waals surface area (Å²) < 4.78 is 47.7. The molecule has 0 bridgehead atoms. The standard InChI is InChI=1S/C19H18F3N5O2/c20-11-2-4-16-15(7-11)25-19(27(16)9-13-3-1-12(21)8-24-13)26-6-5-14(22)17(10-26)29-18(23)28/h1-4,7-8,14,17H,5-6,9-10H2,(H2,23,28)/t14-,17-/m1/s1. The van der Waals surface area contributed by atoms with Crippen LogP contribution in [-0.4, -0.2) is 46.0 Å². The Morgan fingerprint density at radius 3 is 2.76 bits per heavy atom. The van der Waals surface area contributed by atoms with Crippen LogP contribution < -0.4 is 10.6 Å². The SMILES string of the molecule is NC(=O)O[C@@H]1CN(c2nc3cc(F)ccc3n2Cc2ccc(F)cn2)CC[C@H]1F. The summed E-state index contributed by atoms with van der Waals surface area (Å²) in [6.45, 7) is 0.615. The number of amides is 1. The van der Waals surface area contributed by atoms with Crippen LogP contribution in [-0.2, 0) is 11.3 Å². The molecule has 1 aliphatic rings. The summed E-state index contributed by atoms with van der Waals surface area (Å²) in [5.41, 5.74) is 6.67. The van der Waals surface area contributed by atoms with Gasteiger partial charge in [-0.2, -0.15) is 0 Å². The molecule has 0 radical (unpaired) electrons. The second-order valence-electron chi connectivity index (χ2n) is 6.82. The van der Waals surface area contributed by atoms with Crippen LogP contribution in [0.1, 0.15) is 12.1 Å². The van der Waals surface area contributed by atoms with Crippen LogP contribution in [0, 0.1) is 11.6 Å². The molecular formula is C19H18F3N5O2. The predicted octanol–water partition coefficient (Wildman–Crippen LogP) is 2.77. The molecule has 0 unspecified atom stereocenters. The number of hydrogen-bond acceptors (Lipinski definition) is 5. The summed E-state index contributed by atoms with van der Waals surface area (Å²) in [6.07, 6.45) is -2.20. The first kappa shape index (κ1) is 19.0. The lowest BCUT2D eigenvalue weighted by Gasteiger charge is -2.35. The zero-order chi connectivity index (χ0) is 20.5. The largest absolute Gasteiger partial charge is 0.441 e. The van der Waals surface area contributed by atoms with Crippen LogP contribution in [0.2, 0.25) is 0 Å². The van der Waals surface area contributed by atoms with Gasteiger partial charge in [-0.15, -0.1) is 0 Å². The van der Waals surface area contributed by atoms with Crippen molar-refractivity contribution in [3.8, 4) is 0 Å². The second kappa shape index (κ2) is 7.61. The van der Waals surface area contributed by atoms with Gasteiger partial charge >= 0.3 is 6.09 Å². The number of piperidine rings is 1. The predicted molar refractivity (Wildman–Crippen MR) is 99.2 cm³/mol. The highest BCUT2D eigenvalue weighted by Gasteiger charge is 2.34. The van der Waals surface area contributed by atoms with E-state index < -0.39 is 30.0 Å². The van der Waals surface area contributed by atoms with E-state index in [-0.39, 0.29) is 19.5 Å². The quantitative estimate of drug-likeness (QED) is 0.721. The average Bonchev–Trinajstić information content (AvgIpc) is 3.02. The molecule has 3 aromatic rings. The number of nitrogens with zero attached hydrogens (tertiary/aromatic N) is 4. The Kier molecular flexibility index (Phi) is 4.99. The van der Waals surface area contributed by atoms with Crippen molar-refractivity contribution < 1.29 is 22.7 Å². The van der Waals surface area contributed by atoms with Gasteiger partial charge in [0.05, 0.1) is 36.0 Å². The molecule has 1 aliphatic heterocycles. The zero-order valence-electron chi connectivity index (χ0n) is 15.3. The summed E-state index contributed by atoms with van der Waals surface area (Å²) in [5, 5.41) is 0. The lowest BCUT2D eigenvalue weighted by molar-refractivity contribution is 0.0404. The molecule has 0 spiro atoms. The number of hydrogen-bond donors (Lipinski definition) is 1. The normalized spacial score (nSPS) is 19.5. The number of benzene rings is 1. The molecule has 1 amide bonds. The van der Waals surface area contributed by atoms with Crippen LogP contribution in [0.15, 0.2) is 36.5 Å². The Bertz CT molecular complexity index is 1040. The number of primary amides is 1. The van der Waals surface area contributed by atoms with Crippen LogP contribution in [0.3, 0.4) is 0 Å². The molecule has 4 rings (SSSR count). The van der Waals surface area contributed by atoms with Gasteiger partial charge in [0.25, 0.3) is 0 Å². The number of rotatable bonds is 4. The number of fused-ring (bicyclic) bond motifs is 1. The maximum atomic E-state index is 14.2. The first-order chi connectivity index (χ1) is 13.9. The Labute approximate surface area is 163 Å². The number of halogens is 3. The fraction of sp³-hybridized carbons (Fsp3) is 0.316. The van der Waals surface area contributed by atoms with Gasteiger partial charge < -0.3 is 19.9 Å². The number of nitrogens with two attached hydrogens (primary N) is 1. The molecule has 3 heterocycles. The van der Waals surface area contributed by atoms with Gasteiger partial charge in [0.1, 0.15) is 17.8 Å². The Morgan fingerprint density at radius 1 is 1.24 bits per heavy atom. The minimum absolute atomic E-state index is 0.0484. The van der Waals surface area contributed by atoms with Gasteiger partial charge in [-0.05, 0) is 30.7 Å². The van der Waals surface area contributed by atoms with E-state index >= 15 is 0 Å². The lowest BCUT2D eigenvalue weighted by Crippen LogP contribution is -2.48. The molecule has 1 saturated heterocycles. The van der Waals surface area contributed by atoms with Crippen molar-refractivity contribution in [2.24, 2.45) is 5.73 Å². The lowest BCUT2D eigenvalue weighted by atomic mass is 10.1. The number of pyridine rings is 1. The molecular weight excluding hydrogens is 387 g/mol. The first-order valence-electron chi connectivity index (χ1n) is 9.02. The third-order valence-corrected chi connectivity index (χ3v) is 4.83. The van der Waals surface area contributed by atoms with Crippen molar-refractivity contribution in [1.82, 2.24) is 14.5 Å². The fourth-order valence-corrected chi connectivity index (χ4v) is 3.48. The van der Waals surface area contributed by atoms with Gasteiger partial charge in [-0.1, -0.05) is 0 Å². The molecule has 2 atom stereocenters. The number of imidazole rings is 1. The van der Waals surface area contributed by atoms with Crippen LogP contribution in [0.5, 0.6) is 0 Å². The molecule has 2 aromatic heterocycles. The van der Waals surface area contributed by atoms with E-state index in [4.69, 9.17) is 10.5 Å². The molecule has 152 valence electrons. The summed E-state index contributed by atoms with van der Waals surface area (Å²) in [4.78, 5) is 21.4. The highest BCUT2D eigenvalue weighted by atomic mass is 19.1. The number of ether oxygens (including phenoxy) is 1. The topological polar surface area (TPSA) is 86.3 Å². The average molecular weight is 405 g/mol. The zero-order valence-corrected chi connectivity index (χ0v) is 15.3. The summed E-state index contributed by atoms with van der Waals surface area (Å²) in [7, 11) is 0. The Morgan fingerprint density at radius 2 is 2.03 bits per heavy atom. The maximum Gasteiger partial charge on any atom is 0.404 e. The Balaban J connectivity index is 1.72. The van der Waals surface area contributed by atoms with Crippen molar-refractivity contribution in [2.45, 2.75) is 25.2 Å². The number of anilines is 1. The van der Waals surface area contributed by atoms with Crippen LogP contribution in [0.4, 0.5) is 23.9 Å². The van der Waals surface area contributed by atoms with Gasteiger partial charge in [-0.3, -0.25) is 4.98 Å². The maximum absolute atomic E-state index is 14.2. The van der Waals surface area contributed by atoms with E-state index in [1.165, 1.54) is 18.2 Å². The third-order valence-electron chi connectivity index (χ3n) is 4.83. The molecule has 10 heteroatoms. The van der Waals surface area contributed by atoms with Crippen molar-refractivity contribution in [3.63, 3.8) is 0 Å². The number of carbonyl (C=O) groups excluding carboxylic acids is 1. The molecule has 29 heavy (non-hydrogen) atoms. The van der Waals surface area contributed by atoms with E-state index in [2.05, 4.69) is 9.97 Å². The van der Waals surface area contributed by atoms with Crippen molar-refractivity contribution >= 4 is 23.1 Å². The number of alkyl halides is 1. The Hall–Kier alpha value is -3.30. The van der Waals surface area contributed by atoms with Gasteiger partial charge in [-0.25, -0.2) is 22.9 Å². The van der Waals surface area contributed by atoms with E-state index in [1.807, 2.05) is 0 Å². The van der Waals surface area contributed by atoms with Crippen molar-refractivity contribution in [2.75, 3.05) is 18.0 Å². The monoisotopic (exact) mass is 405 g/mol. The van der Waals surface area contributed by atoms with E-state index in [0.29, 0.717) is 29.2 Å². The van der Waals surface area contributed by atoms with Gasteiger partial charge in [0, 0.05) is 12.6 Å². The molecule has 7 nitrogen and oxygen atoms in total.